The molecular weight excluding hydrogens is 268 g/mol. The van der Waals surface area contributed by atoms with Gasteiger partial charge in [0, 0.05) is 19.2 Å². The van der Waals surface area contributed by atoms with E-state index >= 15 is 0 Å². The van der Waals surface area contributed by atoms with Gasteiger partial charge in [-0.3, -0.25) is 4.79 Å². The zero-order valence-corrected chi connectivity index (χ0v) is 12.6. The minimum atomic E-state index is -0.0241. The Hall–Kier alpha value is -1.59. The zero-order chi connectivity index (χ0) is 14.9. The summed E-state index contributed by atoms with van der Waals surface area (Å²) in [5.41, 5.74) is 0.665. The molecule has 0 aliphatic carbocycles. The first-order valence-corrected chi connectivity index (χ1v) is 7.50. The number of hydrogen-bond donors (Lipinski definition) is 2. The molecule has 0 aromatic heterocycles. The highest BCUT2D eigenvalue weighted by Gasteiger charge is 2.14. The summed E-state index contributed by atoms with van der Waals surface area (Å²) in [6.45, 7) is 3.88. The molecule has 116 valence electrons. The average Bonchev–Trinajstić information content (AvgIpc) is 2.54. The van der Waals surface area contributed by atoms with Gasteiger partial charge in [0.15, 0.2) is 0 Å². The molecule has 1 atom stereocenters. The van der Waals surface area contributed by atoms with Crippen LogP contribution in [0.25, 0.3) is 0 Å². The first-order valence-electron chi connectivity index (χ1n) is 7.50. The van der Waals surface area contributed by atoms with Gasteiger partial charge >= 0.3 is 0 Å². The third-order valence-corrected chi connectivity index (χ3v) is 3.62. The van der Waals surface area contributed by atoms with Crippen molar-refractivity contribution in [2.45, 2.75) is 12.8 Å². The van der Waals surface area contributed by atoms with Crippen LogP contribution in [0.5, 0.6) is 5.75 Å². The predicted octanol–water partition coefficient (Wildman–Crippen LogP) is 1.44. The Balaban J connectivity index is 1.76. The van der Waals surface area contributed by atoms with Crippen molar-refractivity contribution in [3.8, 4) is 5.75 Å². The number of rotatable bonds is 7. The number of piperidine rings is 1. The number of ether oxygens (including phenoxy) is 2. The Kier molecular flexibility index (Phi) is 6.50. The molecule has 2 rings (SSSR count). The lowest BCUT2D eigenvalue weighted by molar-refractivity contribution is 0.0944. The Morgan fingerprint density at radius 2 is 2.14 bits per heavy atom. The van der Waals surface area contributed by atoms with E-state index in [4.69, 9.17) is 9.47 Å². The summed E-state index contributed by atoms with van der Waals surface area (Å²) in [7, 11) is 1.64. The lowest BCUT2D eigenvalue weighted by Crippen LogP contribution is -2.38. The van der Waals surface area contributed by atoms with Crippen molar-refractivity contribution in [1.29, 1.82) is 0 Å². The Morgan fingerprint density at radius 1 is 1.33 bits per heavy atom. The number of carbonyl (C=O) groups excluding carboxylic acids is 1. The number of methoxy groups -OCH3 is 1. The van der Waals surface area contributed by atoms with E-state index in [1.807, 2.05) is 12.1 Å². The minimum Gasteiger partial charge on any atom is -0.491 e. The lowest BCUT2D eigenvalue weighted by Gasteiger charge is -2.22. The molecule has 2 N–H and O–H groups in total. The highest BCUT2D eigenvalue weighted by atomic mass is 16.5. The average molecular weight is 292 g/mol. The second-order valence-electron chi connectivity index (χ2n) is 5.29. The smallest absolute Gasteiger partial charge is 0.251 e. The minimum absolute atomic E-state index is 0.0241. The summed E-state index contributed by atoms with van der Waals surface area (Å²) in [4.78, 5) is 12.1. The largest absolute Gasteiger partial charge is 0.491 e. The van der Waals surface area contributed by atoms with Gasteiger partial charge in [0.05, 0.1) is 6.61 Å². The summed E-state index contributed by atoms with van der Waals surface area (Å²) in [6.07, 6.45) is 2.37. The van der Waals surface area contributed by atoms with E-state index in [0.717, 1.165) is 25.4 Å². The molecule has 0 saturated carbocycles. The van der Waals surface area contributed by atoms with Gasteiger partial charge in [0.1, 0.15) is 12.4 Å². The van der Waals surface area contributed by atoms with Crippen LogP contribution >= 0.6 is 0 Å². The fraction of sp³-hybridized carbons (Fsp3) is 0.562. The third kappa shape index (κ3) is 5.36. The van der Waals surface area contributed by atoms with Crippen molar-refractivity contribution < 1.29 is 14.3 Å². The summed E-state index contributed by atoms with van der Waals surface area (Å²) < 4.78 is 10.4. The van der Waals surface area contributed by atoms with Crippen LogP contribution < -0.4 is 15.4 Å². The molecule has 0 spiro atoms. The highest BCUT2D eigenvalue weighted by molar-refractivity contribution is 5.94. The standard InChI is InChI=1S/C16H24N2O3/c1-20-9-10-21-15-6-4-14(5-7-15)16(19)18-12-13-3-2-8-17-11-13/h4-7,13,17H,2-3,8-12H2,1H3,(H,18,19). The molecule has 0 radical (unpaired) electrons. The van der Waals surface area contributed by atoms with Crippen LogP contribution in [0, 0.1) is 5.92 Å². The molecule has 1 unspecified atom stereocenters. The summed E-state index contributed by atoms with van der Waals surface area (Å²) in [5.74, 6) is 1.27. The molecule has 1 amide bonds. The van der Waals surface area contributed by atoms with Gasteiger partial charge in [-0.25, -0.2) is 0 Å². The van der Waals surface area contributed by atoms with Crippen molar-refractivity contribution in [3.63, 3.8) is 0 Å². The van der Waals surface area contributed by atoms with E-state index in [2.05, 4.69) is 10.6 Å². The van der Waals surface area contributed by atoms with Gasteiger partial charge in [-0.05, 0) is 56.1 Å². The van der Waals surface area contributed by atoms with Crippen LogP contribution in [0.3, 0.4) is 0 Å². The van der Waals surface area contributed by atoms with E-state index in [1.54, 1.807) is 19.2 Å². The molecule has 1 aliphatic heterocycles. The SMILES string of the molecule is COCCOc1ccc(C(=O)NCC2CCCNC2)cc1. The number of amides is 1. The van der Waals surface area contributed by atoms with Crippen molar-refractivity contribution in [2.24, 2.45) is 5.92 Å². The molecule has 0 bridgehead atoms. The van der Waals surface area contributed by atoms with Crippen LogP contribution in [-0.2, 0) is 4.74 Å². The number of benzene rings is 1. The van der Waals surface area contributed by atoms with Gasteiger partial charge in [0.2, 0.25) is 0 Å². The second-order valence-corrected chi connectivity index (χ2v) is 5.29. The second kappa shape index (κ2) is 8.64. The molecule has 1 fully saturated rings. The molecule has 1 aliphatic rings. The molecule has 1 aromatic carbocycles. The Morgan fingerprint density at radius 3 is 2.81 bits per heavy atom. The van der Waals surface area contributed by atoms with E-state index in [0.29, 0.717) is 24.7 Å². The van der Waals surface area contributed by atoms with Gasteiger partial charge in [0.25, 0.3) is 5.91 Å². The fourth-order valence-corrected chi connectivity index (χ4v) is 2.38. The molecule has 1 aromatic rings. The topological polar surface area (TPSA) is 59.6 Å². The molecule has 21 heavy (non-hydrogen) atoms. The predicted molar refractivity (Wildman–Crippen MR) is 81.7 cm³/mol. The zero-order valence-electron chi connectivity index (χ0n) is 12.6. The number of carbonyl (C=O) groups is 1. The van der Waals surface area contributed by atoms with Crippen LogP contribution in [-0.4, -0.2) is 45.9 Å². The van der Waals surface area contributed by atoms with Crippen LogP contribution in [0.15, 0.2) is 24.3 Å². The van der Waals surface area contributed by atoms with Crippen LogP contribution in [0.2, 0.25) is 0 Å². The Labute approximate surface area is 126 Å². The maximum Gasteiger partial charge on any atom is 0.251 e. The van der Waals surface area contributed by atoms with Crippen LogP contribution in [0.1, 0.15) is 23.2 Å². The summed E-state index contributed by atoms with van der Waals surface area (Å²) in [5, 5.41) is 6.35. The fourth-order valence-electron chi connectivity index (χ4n) is 2.38. The molecule has 1 saturated heterocycles. The van der Waals surface area contributed by atoms with Gasteiger partial charge < -0.3 is 20.1 Å². The lowest BCUT2D eigenvalue weighted by atomic mass is 10.00. The van der Waals surface area contributed by atoms with Crippen molar-refractivity contribution in [2.75, 3.05) is 40.0 Å². The van der Waals surface area contributed by atoms with E-state index in [9.17, 15) is 4.79 Å². The summed E-state index contributed by atoms with van der Waals surface area (Å²) >= 11 is 0. The van der Waals surface area contributed by atoms with Crippen LogP contribution in [0.4, 0.5) is 0 Å². The van der Waals surface area contributed by atoms with E-state index < -0.39 is 0 Å². The van der Waals surface area contributed by atoms with Crippen molar-refractivity contribution >= 4 is 5.91 Å². The summed E-state index contributed by atoms with van der Waals surface area (Å²) in [6, 6.07) is 7.20. The first kappa shape index (κ1) is 15.8. The maximum absolute atomic E-state index is 12.1. The van der Waals surface area contributed by atoms with Gasteiger partial charge in [-0.15, -0.1) is 0 Å². The third-order valence-electron chi connectivity index (χ3n) is 3.62. The first-order chi connectivity index (χ1) is 10.3. The molecule has 5 nitrogen and oxygen atoms in total. The van der Waals surface area contributed by atoms with Gasteiger partial charge in [-0.1, -0.05) is 0 Å². The van der Waals surface area contributed by atoms with E-state index in [-0.39, 0.29) is 5.91 Å². The molecular formula is C16H24N2O3. The maximum atomic E-state index is 12.1. The Bertz CT molecular complexity index is 428. The van der Waals surface area contributed by atoms with Crippen molar-refractivity contribution in [3.05, 3.63) is 29.8 Å². The normalized spacial score (nSPS) is 18.2. The highest BCUT2D eigenvalue weighted by Crippen LogP contribution is 2.13. The number of nitrogens with one attached hydrogen (secondary N) is 2. The monoisotopic (exact) mass is 292 g/mol. The van der Waals surface area contributed by atoms with Crippen molar-refractivity contribution in [1.82, 2.24) is 10.6 Å². The molecule has 5 heteroatoms. The van der Waals surface area contributed by atoms with E-state index in [1.165, 1.54) is 12.8 Å². The molecule has 1 heterocycles. The van der Waals surface area contributed by atoms with Gasteiger partial charge in [-0.2, -0.15) is 0 Å². The number of hydrogen-bond acceptors (Lipinski definition) is 4. The quantitative estimate of drug-likeness (QED) is 0.747.